The van der Waals surface area contributed by atoms with Crippen molar-refractivity contribution in [3.05, 3.63) is 23.8 Å². The molecule has 1 aliphatic heterocycles. The SMILES string of the molecule is COc1cc(CNC(=O)C2CNCCO2)ccc1OCC(F)(F)F. The minimum Gasteiger partial charge on any atom is -0.493 e. The summed E-state index contributed by atoms with van der Waals surface area (Å²) in [5.41, 5.74) is 0.670. The molecule has 6 nitrogen and oxygen atoms in total. The van der Waals surface area contributed by atoms with E-state index in [1.807, 2.05) is 0 Å². The number of carbonyl (C=O) groups excluding carboxylic acids is 1. The number of amides is 1. The second-order valence-electron chi connectivity index (χ2n) is 5.17. The lowest BCUT2D eigenvalue weighted by Crippen LogP contribution is -2.47. The van der Waals surface area contributed by atoms with Crippen LogP contribution in [0.25, 0.3) is 0 Å². The van der Waals surface area contributed by atoms with Gasteiger partial charge in [-0.25, -0.2) is 0 Å². The first-order valence-corrected chi connectivity index (χ1v) is 7.35. The van der Waals surface area contributed by atoms with Gasteiger partial charge in [0.25, 0.3) is 5.91 Å². The van der Waals surface area contributed by atoms with Gasteiger partial charge in [0.15, 0.2) is 18.1 Å². The summed E-state index contributed by atoms with van der Waals surface area (Å²) in [5, 5.41) is 5.77. The van der Waals surface area contributed by atoms with Gasteiger partial charge in [0.05, 0.1) is 13.7 Å². The van der Waals surface area contributed by atoms with Crippen molar-refractivity contribution in [3.63, 3.8) is 0 Å². The Morgan fingerprint density at radius 3 is 2.83 bits per heavy atom. The van der Waals surface area contributed by atoms with E-state index in [-0.39, 0.29) is 24.0 Å². The van der Waals surface area contributed by atoms with E-state index in [0.717, 1.165) is 0 Å². The summed E-state index contributed by atoms with van der Waals surface area (Å²) in [4.78, 5) is 11.9. The fourth-order valence-electron chi connectivity index (χ4n) is 2.14. The summed E-state index contributed by atoms with van der Waals surface area (Å²) in [6.07, 6.45) is -4.97. The van der Waals surface area contributed by atoms with E-state index in [9.17, 15) is 18.0 Å². The number of rotatable bonds is 6. The predicted octanol–water partition coefficient (Wildman–Crippen LogP) is 1.24. The van der Waals surface area contributed by atoms with Crippen molar-refractivity contribution in [1.82, 2.24) is 10.6 Å². The minimum absolute atomic E-state index is 0.00952. The van der Waals surface area contributed by atoms with Crippen LogP contribution in [-0.2, 0) is 16.1 Å². The lowest BCUT2D eigenvalue weighted by Gasteiger charge is -2.22. The molecule has 9 heteroatoms. The Kier molecular flexibility index (Phi) is 6.27. The maximum atomic E-state index is 12.2. The zero-order valence-electron chi connectivity index (χ0n) is 13.1. The first-order valence-electron chi connectivity index (χ1n) is 7.35. The number of methoxy groups -OCH3 is 1. The van der Waals surface area contributed by atoms with Gasteiger partial charge in [-0.15, -0.1) is 0 Å². The maximum Gasteiger partial charge on any atom is 0.422 e. The summed E-state index contributed by atoms with van der Waals surface area (Å²) in [7, 11) is 1.33. The molecule has 24 heavy (non-hydrogen) atoms. The Morgan fingerprint density at radius 1 is 1.42 bits per heavy atom. The van der Waals surface area contributed by atoms with E-state index in [0.29, 0.717) is 25.3 Å². The van der Waals surface area contributed by atoms with Crippen LogP contribution in [0, 0.1) is 0 Å². The van der Waals surface area contributed by atoms with Gasteiger partial charge in [-0.3, -0.25) is 4.79 Å². The number of halogens is 3. The Hall–Kier alpha value is -2.00. The molecule has 0 aromatic heterocycles. The van der Waals surface area contributed by atoms with Crippen LogP contribution in [0.15, 0.2) is 18.2 Å². The number of nitrogens with one attached hydrogen (secondary N) is 2. The molecule has 1 aliphatic rings. The largest absolute Gasteiger partial charge is 0.493 e. The molecular formula is C15H19F3N2O4. The smallest absolute Gasteiger partial charge is 0.422 e. The van der Waals surface area contributed by atoms with Crippen molar-refractivity contribution in [3.8, 4) is 11.5 Å². The van der Waals surface area contributed by atoms with Crippen LogP contribution in [-0.4, -0.2) is 51.6 Å². The van der Waals surface area contributed by atoms with Crippen LogP contribution in [0.1, 0.15) is 5.56 Å². The Morgan fingerprint density at radius 2 is 2.21 bits per heavy atom. The topological polar surface area (TPSA) is 68.8 Å². The number of ether oxygens (including phenoxy) is 3. The highest BCUT2D eigenvalue weighted by Crippen LogP contribution is 2.29. The maximum absolute atomic E-state index is 12.2. The van der Waals surface area contributed by atoms with Crippen molar-refractivity contribution in [2.45, 2.75) is 18.8 Å². The molecule has 1 aromatic carbocycles. The number of alkyl halides is 3. The molecule has 1 amide bonds. The van der Waals surface area contributed by atoms with E-state index in [1.54, 1.807) is 6.07 Å². The molecule has 0 saturated carbocycles. The zero-order valence-corrected chi connectivity index (χ0v) is 13.1. The van der Waals surface area contributed by atoms with Gasteiger partial charge in [0, 0.05) is 19.6 Å². The Bertz CT molecular complexity index is 560. The number of hydrogen-bond acceptors (Lipinski definition) is 5. The molecular weight excluding hydrogens is 329 g/mol. The third-order valence-corrected chi connectivity index (χ3v) is 3.31. The highest BCUT2D eigenvalue weighted by atomic mass is 19.4. The molecule has 1 heterocycles. The van der Waals surface area contributed by atoms with Gasteiger partial charge in [0.1, 0.15) is 6.10 Å². The number of morpholine rings is 1. The van der Waals surface area contributed by atoms with E-state index >= 15 is 0 Å². The van der Waals surface area contributed by atoms with Gasteiger partial charge >= 0.3 is 6.18 Å². The number of hydrogen-bond donors (Lipinski definition) is 2. The molecule has 0 aliphatic carbocycles. The zero-order chi connectivity index (χ0) is 17.6. The summed E-state index contributed by atoms with van der Waals surface area (Å²) in [6, 6.07) is 4.46. The minimum atomic E-state index is -4.42. The quantitative estimate of drug-likeness (QED) is 0.810. The summed E-state index contributed by atoms with van der Waals surface area (Å²) in [5.74, 6) is -0.0927. The number of carbonyl (C=O) groups is 1. The fraction of sp³-hybridized carbons (Fsp3) is 0.533. The van der Waals surface area contributed by atoms with Gasteiger partial charge in [-0.2, -0.15) is 13.2 Å². The summed E-state index contributed by atoms with van der Waals surface area (Å²) in [6.45, 7) is 0.428. The summed E-state index contributed by atoms with van der Waals surface area (Å²) >= 11 is 0. The van der Waals surface area contributed by atoms with Crippen molar-refractivity contribution >= 4 is 5.91 Å². The molecule has 2 N–H and O–H groups in total. The van der Waals surface area contributed by atoms with Crippen LogP contribution < -0.4 is 20.1 Å². The molecule has 134 valence electrons. The van der Waals surface area contributed by atoms with E-state index in [1.165, 1.54) is 19.2 Å². The van der Waals surface area contributed by atoms with Gasteiger partial charge in [-0.05, 0) is 17.7 Å². The van der Waals surface area contributed by atoms with Crippen molar-refractivity contribution in [1.29, 1.82) is 0 Å². The van der Waals surface area contributed by atoms with E-state index < -0.39 is 18.9 Å². The fourth-order valence-corrected chi connectivity index (χ4v) is 2.14. The molecule has 0 radical (unpaired) electrons. The van der Waals surface area contributed by atoms with Crippen LogP contribution in [0.2, 0.25) is 0 Å². The molecule has 1 aromatic rings. The second-order valence-corrected chi connectivity index (χ2v) is 5.17. The molecule has 1 saturated heterocycles. The lowest BCUT2D eigenvalue weighted by atomic mass is 10.2. The van der Waals surface area contributed by atoms with E-state index in [4.69, 9.17) is 14.2 Å². The average molecular weight is 348 g/mol. The Balaban J connectivity index is 1.92. The third-order valence-electron chi connectivity index (χ3n) is 3.31. The predicted molar refractivity (Wildman–Crippen MR) is 79.0 cm³/mol. The first-order chi connectivity index (χ1) is 11.4. The van der Waals surface area contributed by atoms with Gasteiger partial charge in [0.2, 0.25) is 0 Å². The average Bonchev–Trinajstić information content (AvgIpc) is 2.58. The summed E-state index contributed by atoms with van der Waals surface area (Å²) < 4.78 is 51.7. The van der Waals surface area contributed by atoms with Gasteiger partial charge in [-0.1, -0.05) is 6.07 Å². The van der Waals surface area contributed by atoms with Crippen LogP contribution in [0.5, 0.6) is 11.5 Å². The molecule has 0 bridgehead atoms. The highest BCUT2D eigenvalue weighted by Gasteiger charge is 2.29. The molecule has 1 unspecified atom stereocenters. The number of benzene rings is 1. The lowest BCUT2D eigenvalue weighted by molar-refractivity contribution is -0.153. The highest BCUT2D eigenvalue weighted by molar-refractivity contribution is 5.81. The van der Waals surface area contributed by atoms with Crippen molar-refractivity contribution < 1.29 is 32.2 Å². The van der Waals surface area contributed by atoms with Crippen LogP contribution in [0.3, 0.4) is 0 Å². The molecule has 2 rings (SSSR count). The van der Waals surface area contributed by atoms with Crippen LogP contribution >= 0.6 is 0 Å². The van der Waals surface area contributed by atoms with E-state index in [2.05, 4.69) is 10.6 Å². The van der Waals surface area contributed by atoms with Gasteiger partial charge < -0.3 is 24.8 Å². The van der Waals surface area contributed by atoms with Crippen molar-refractivity contribution in [2.75, 3.05) is 33.4 Å². The van der Waals surface area contributed by atoms with Crippen molar-refractivity contribution in [2.24, 2.45) is 0 Å². The Labute approximate surface area is 137 Å². The van der Waals surface area contributed by atoms with Crippen LogP contribution in [0.4, 0.5) is 13.2 Å². The molecule has 1 fully saturated rings. The second kappa shape index (κ2) is 8.20. The standard InChI is InChI=1S/C15H19F3N2O4/c1-22-12-6-10(2-3-11(12)24-9-15(16,17)18)7-20-14(21)13-8-19-4-5-23-13/h2-3,6,13,19H,4-5,7-9H2,1H3,(H,20,21). The molecule has 1 atom stereocenters. The normalized spacial score (nSPS) is 18.1. The first kappa shape index (κ1) is 18.3. The monoisotopic (exact) mass is 348 g/mol. The third kappa shape index (κ3) is 5.57. The molecule has 0 spiro atoms.